The predicted octanol–water partition coefficient (Wildman–Crippen LogP) is 3.07. The molecule has 0 fully saturated rings. The van der Waals surface area contributed by atoms with E-state index < -0.39 is 5.97 Å². The molecule has 88 valence electrons. The molecule has 1 heterocycles. The third-order valence-corrected chi connectivity index (χ3v) is 3.24. The summed E-state index contributed by atoms with van der Waals surface area (Å²) in [6, 6.07) is 10.7. The molecule has 0 spiro atoms. The quantitative estimate of drug-likeness (QED) is 0.884. The molecule has 0 atom stereocenters. The van der Waals surface area contributed by atoms with Crippen molar-refractivity contribution in [3.8, 4) is 5.75 Å². The summed E-state index contributed by atoms with van der Waals surface area (Å²) in [6.07, 6.45) is 0.797. The van der Waals surface area contributed by atoms with E-state index in [2.05, 4.69) is 0 Å². The molecule has 0 radical (unpaired) electrons. The van der Waals surface area contributed by atoms with Crippen LogP contribution in [0.2, 0.25) is 0 Å². The van der Waals surface area contributed by atoms with E-state index in [9.17, 15) is 4.79 Å². The Morgan fingerprint density at radius 2 is 2.06 bits per heavy atom. The fraction of sp³-hybridized carbons (Fsp3) is 0.154. The molecule has 0 saturated carbocycles. The van der Waals surface area contributed by atoms with Crippen LogP contribution in [0.15, 0.2) is 41.8 Å². The number of hydrogen-bond acceptors (Lipinski definition) is 3. The number of para-hydroxylation sites is 1. The van der Waals surface area contributed by atoms with E-state index in [-0.39, 0.29) is 5.56 Å². The van der Waals surface area contributed by atoms with Gasteiger partial charge in [-0.1, -0.05) is 18.2 Å². The van der Waals surface area contributed by atoms with Crippen LogP contribution in [-0.4, -0.2) is 17.7 Å². The van der Waals surface area contributed by atoms with Gasteiger partial charge >= 0.3 is 5.97 Å². The number of carboxylic acids is 1. The Hall–Kier alpha value is -1.81. The number of aromatic carboxylic acids is 1. The zero-order valence-corrected chi connectivity index (χ0v) is 9.94. The van der Waals surface area contributed by atoms with Crippen LogP contribution in [0.3, 0.4) is 0 Å². The molecule has 0 aliphatic rings. The minimum absolute atomic E-state index is 0.207. The van der Waals surface area contributed by atoms with Gasteiger partial charge in [0.25, 0.3) is 0 Å². The van der Waals surface area contributed by atoms with E-state index >= 15 is 0 Å². The summed E-state index contributed by atoms with van der Waals surface area (Å²) in [7, 11) is 0. The number of carboxylic acid groups (broad SMARTS) is 1. The summed E-state index contributed by atoms with van der Waals surface area (Å²) < 4.78 is 5.50. The maximum absolute atomic E-state index is 10.9. The van der Waals surface area contributed by atoms with Crippen molar-refractivity contribution in [1.29, 1.82) is 0 Å². The molecule has 0 aliphatic carbocycles. The van der Waals surface area contributed by atoms with E-state index in [0.29, 0.717) is 12.4 Å². The highest BCUT2D eigenvalue weighted by atomic mass is 32.1. The zero-order chi connectivity index (χ0) is 12.1. The topological polar surface area (TPSA) is 46.5 Å². The van der Waals surface area contributed by atoms with Crippen molar-refractivity contribution >= 4 is 17.3 Å². The van der Waals surface area contributed by atoms with Gasteiger partial charge in [0.15, 0.2) is 0 Å². The molecule has 1 aromatic heterocycles. The Bertz CT molecular complexity index is 491. The standard InChI is InChI=1S/C13H12O3S/c14-13(15)11-5-1-2-6-12(11)16-8-7-10-4-3-9-17-10/h1-6,9H,7-8H2,(H,14,15). The van der Waals surface area contributed by atoms with Gasteiger partial charge in [-0.3, -0.25) is 0 Å². The molecule has 1 aromatic carbocycles. The molecule has 0 amide bonds. The first kappa shape index (κ1) is 11.7. The Labute approximate surface area is 103 Å². The summed E-state index contributed by atoms with van der Waals surface area (Å²) in [6.45, 7) is 0.491. The van der Waals surface area contributed by atoms with E-state index in [0.717, 1.165) is 6.42 Å². The minimum Gasteiger partial charge on any atom is -0.492 e. The first-order chi connectivity index (χ1) is 8.27. The molecule has 0 aliphatic heterocycles. The first-order valence-corrected chi connectivity index (χ1v) is 6.13. The highest BCUT2D eigenvalue weighted by Gasteiger charge is 2.09. The van der Waals surface area contributed by atoms with Crippen molar-refractivity contribution in [1.82, 2.24) is 0 Å². The lowest BCUT2D eigenvalue weighted by Crippen LogP contribution is -2.05. The van der Waals surface area contributed by atoms with Gasteiger partial charge in [0, 0.05) is 11.3 Å². The van der Waals surface area contributed by atoms with Gasteiger partial charge in [-0.15, -0.1) is 11.3 Å². The van der Waals surface area contributed by atoms with Crippen LogP contribution >= 0.6 is 11.3 Å². The average molecular weight is 248 g/mol. The van der Waals surface area contributed by atoms with Crippen molar-refractivity contribution in [2.45, 2.75) is 6.42 Å². The SMILES string of the molecule is O=C(O)c1ccccc1OCCc1cccs1. The van der Waals surface area contributed by atoms with Crippen LogP contribution in [0.1, 0.15) is 15.2 Å². The summed E-state index contributed by atoms with van der Waals surface area (Å²) >= 11 is 1.67. The monoisotopic (exact) mass is 248 g/mol. The first-order valence-electron chi connectivity index (χ1n) is 5.25. The molecule has 0 saturated heterocycles. The lowest BCUT2D eigenvalue weighted by atomic mass is 10.2. The summed E-state index contributed by atoms with van der Waals surface area (Å²) in [5.74, 6) is -0.534. The van der Waals surface area contributed by atoms with Crippen molar-refractivity contribution in [2.75, 3.05) is 6.61 Å². The Balaban J connectivity index is 1.97. The molecule has 3 nitrogen and oxygen atoms in total. The number of hydrogen-bond donors (Lipinski definition) is 1. The molecule has 4 heteroatoms. The number of ether oxygens (including phenoxy) is 1. The molecule has 2 rings (SSSR count). The van der Waals surface area contributed by atoms with E-state index in [1.54, 1.807) is 35.6 Å². The average Bonchev–Trinajstić information content (AvgIpc) is 2.82. The Morgan fingerprint density at radius 3 is 2.76 bits per heavy atom. The van der Waals surface area contributed by atoms with Crippen LogP contribution in [0.5, 0.6) is 5.75 Å². The summed E-state index contributed by atoms with van der Waals surface area (Å²) in [5.41, 5.74) is 0.207. The van der Waals surface area contributed by atoms with Crippen LogP contribution < -0.4 is 4.74 Å². The molecule has 0 unspecified atom stereocenters. The number of rotatable bonds is 5. The van der Waals surface area contributed by atoms with Gasteiger partial charge in [-0.2, -0.15) is 0 Å². The summed E-state index contributed by atoms with van der Waals surface area (Å²) in [5, 5.41) is 11.0. The lowest BCUT2D eigenvalue weighted by Gasteiger charge is -2.07. The molecule has 17 heavy (non-hydrogen) atoms. The van der Waals surface area contributed by atoms with Crippen LogP contribution in [-0.2, 0) is 6.42 Å². The smallest absolute Gasteiger partial charge is 0.339 e. The minimum atomic E-state index is -0.961. The second-order valence-corrected chi connectivity index (χ2v) is 4.51. The van der Waals surface area contributed by atoms with E-state index in [1.165, 1.54) is 4.88 Å². The lowest BCUT2D eigenvalue weighted by molar-refractivity contribution is 0.0692. The Morgan fingerprint density at radius 1 is 1.24 bits per heavy atom. The van der Waals surface area contributed by atoms with Crippen molar-refractivity contribution in [2.24, 2.45) is 0 Å². The van der Waals surface area contributed by atoms with Gasteiger partial charge in [0.2, 0.25) is 0 Å². The normalized spacial score (nSPS) is 10.1. The van der Waals surface area contributed by atoms with Gasteiger partial charge in [-0.25, -0.2) is 4.79 Å². The van der Waals surface area contributed by atoms with E-state index in [1.807, 2.05) is 17.5 Å². The van der Waals surface area contributed by atoms with Gasteiger partial charge < -0.3 is 9.84 Å². The summed E-state index contributed by atoms with van der Waals surface area (Å²) in [4.78, 5) is 12.2. The third-order valence-electron chi connectivity index (χ3n) is 2.30. The predicted molar refractivity (Wildman–Crippen MR) is 66.9 cm³/mol. The maximum atomic E-state index is 10.9. The number of benzene rings is 1. The van der Waals surface area contributed by atoms with Crippen molar-refractivity contribution in [3.05, 3.63) is 52.2 Å². The van der Waals surface area contributed by atoms with Gasteiger partial charge in [0.1, 0.15) is 11.3 Å². The molecular weight excluding hydrogens is 236 g/mol. The van der Waals surface area contributed by atoms with E-state index in [4.69, 9.17) is 9.84 Å². The Kier molecular flexibility index (Phi) is 3.77. The zero-order valence-electron chi connectivity index (χ0n) is 9.13. The van der Waals surface area contributed by atoms with Crippen LogP contribution in [0.4, 0.5) is 0 Å². The second kappa shape index (κ2) is 5.50. The highest BCUT2D eigenvalue weighted by Crippen LogP contribution is 2.18. The molecule has 0 bridgehead atoms. The van der Waals surface area contributed by atoms with Crippen LogP contribution in [0.25, 0.3) is 0 Å². The van der Waals surface area contributed by atoms with Crippen molar-refractivity contribution in [3.63, 3.8) is 0 Å². The third kappa shape index (κ3) is 3.07. The largest absolute Gasteiger partial charge is 0.492 e. The maximum Gasteiger partial charge on any atom is 0.339 e. The molecule has 1 N–H and O–H groups in total. The fourth-order valence-electron chi connectivity index (χ4n) is 1.49. The van der Waals surface area contributed by atoms with Gasteiger partial charge in [-0.05, 0) is 23.6 Å². The van der Waals surface area contributed by atoms with Crippen molar-refractivity contribution < 1.29 is 14.6 Å². The molecule has 2 aromatic rings. The number of carbonyl (C=O) groups is 1. The number of thiophene rings is 1. The molecular formula is C13H12O3S. The second-order valence-electron chi connectivity index (χ2n) is 3.48. The van der Waals surface area contributed by atoms with Gasteiger partial charge in [0.05, 0.1) is 6.61 Å². The fourth-order valence-corrected chi connectivity index (χ4v) is 2.18. The van der Waals surface area contributed by atoms with Crippen LogP contribution in [0, 0.1) is 0 Å². The highest BCUT2D eigenvalue weighted by molar-refractivity contribution is 7.09.